The summed E-state index contributed by atoms with van der Waals surface area (Å²) in [6, 6.07) is 0. The van der Waals surface area contributed by atoms with E-state index in [1.54, 1.807) is 0 Å². The normalized spacial score (nSPS) is 38.0. The second kappa shape index (κ2) is 1.81. The average Bonchev–Trinajstić information content (AvgIpc) is 2.29. The molecule has 0 N–H and O–H groups in total. The van der Waals surface area contributed by atoms with E-state index < -0.39 is 5.97 Å². The van der Waals surface area contributed by atoms with Crippen molar-refractivity contribution in [2.45, 2.75) is 25.4 Å². The Hall–Kier alpha value is -0.860. The van der Waals surface area contributed by atoms with Gasteiger partial charge >= 0.3 is 5.97 Å². The van der Waals surface area contributed by atoms with Crippen molar-refractivity contribution in [3.05, 3.63) is 0 Å². The van der Waals surface area contributed by atoms with E-state index in [1.807, 2.05) is 0 Å². The van der Waals surface area contributed by atoms with Gasteiger partial charge in [-0.1, -0.05) is 0 Å². The lowest BCUT2D eigenvalue weighted by atomic mass is 10.0. The van der Waals surface area contributed by atoms with E-state index in [2.05, 4.69) is 0 Å². The van der Waals surface area contributed by atoms with Gasteiger partial charge in [-0.05, 0) is 19.3 Å². The summed E-state index contributed by atoms with van der Waals surface area (Å²) >= 11 is 0. The maximum atomic E-state index is 10.9. The summed E-state index contributed by atoms with van der Waals surface area (Å²) in [5.74, 6) is -0.932. The van der Waals surface area contributed by atoms with Crippen LogP contribution in [0.2, 0.25) is 0 Å². The Kier molecular flexibility index (Phi) is 1.07. The number of esters is 1. The minimum atomic E-state index is -0.612. The Labute approximate surface area is 58.4 Å². The lowest BCUT2D eigenvalue weighted by Gasteiger charge is -2.16. The Morgan fingerprint density at radius 1 is 1.30 bits per heavy atom. The number of ether oxygens (including phenoxy) is 1. The van der Waals surface area contributed by atoms with Crippen LogP contribution in [0.15, 0.2) is 0 Å². The van der Waals surface area contributed by atoms with Crippen LogP contribution in [-0.2, 0) is 14.3 Å². The smallest absolute Gasteiger partial charge is 0.375 e. The monoisotopic (exact) mass is 140 g/mol. The molecule has 0 aromatic heterocycles. The topological polar surface area (TPSA) is 43.4 Å². The standard InChI is InChI=1S/C7H8O3/c8-6-4-1-2-5(3-4)10-7(6)9/h4-5H,1-3H2. The summed E-state index contributed by atoms with van der Waals surface area (Å²) in [5, 5.41) is 0. The van der Waals surface area contributed by atoms with Gasteiger partial charge < -0.3 is 4.74 Å². The molecule has 1 saturated carbocycles. The summed E-state index contributed by atoms with van der Waals surface area (Å²) in [5.41, 5.74) is 0. The second-order valence-corrected chi connectivity index (χ2v) is 2.90. The molecule has 1 heterocycles. The van der Waals surface area contributed by atoms with Crippen LogP contribution in [0, 0.1) is 5.92 Å². The molecule has 1 saturated heterocycles. The summed E-state index contributed by atoms with van der Waals surface area (Å²) in [4.78, 5) is 21.6. The minimum Gasteiger partial charge on any atom is -0.457 e. The predicted molar refractivity (Wildman–Crippen MR) is 32.2 cm³/mol. The molecule has 1 aliphatic carbocycles. The molecule has 1 aliphatic heterocycles. The third kappa shape index (κ3) is 0.664. The molecule has 10 heavy (non-hydrogen) atoms. The second-order valence-electron chi connectivity index (χ2n) is 2.90. The van der Waals surface area contributed by atoms with Crippen LogP contribution in [0.1, 0.15) is 19.3 Å². The van der Waals surface area contributed by atoms with Crippen molar-refractivity contribution in [3.8, 4) is 0 Å². The Balaban J connectivity index is 2.24. The first-order valence-corrected chi connectivity index (χ1v) is 3.52. The Morgan fingerprint density at radius 2 is 2.10 bits per heavy atom. The molecule has 2 unspecified atom stereocenters. The molecule has 3 heteroatoms. The highest BCUT2D eigenvalue weighted by molar-refractivity contribution is 6.35. The maximum absolute atomic E-state index is 10.9. The van der Waals surface area contributed by atoms with Gasteiger partial charge in [-0.25, -0.2) is 4.79 Å². The number of hydrogen-bond acceptors (Lipinski definition) is 3. The molecule has 0 spiro atoms. The van der Waals surface area contributed by atoms with Crippen molar-refractivity contribution >= 4 is 11.8 Å². The van der Waals surface area contributed by atoms with Crippen LogP contribution in [0.4, 0.5) is 0 Å². The molecule has 2 fully saturated rings. The molecule has 2 aliphatic rings. The van der Waals surface area contributed by atoms with E-state index in [1.165, 1.54) is 0 Å². The fourth-order valence-electron chi connectivity index (χ4n) is 1.66. The number of ketones is 1. The molecule has 0 radical (unpaired) electrons. The van der Waals surface area contributed by atoms with Crippen molar-refractivity contribution in [2.24, 2.45) is 5.92 Å². The van der Waals surface area contributed by atoms with E-state index in [0.29, 0.717) is 0 Å². The zero-order valence-corrected chi connectivity index (χ0v) is 5.50. The summed E-state index contributed by atoms with van der Waals surface area (Å²) in [6.45, 7) is 0. The fraction of sp³-hybridized carbons (Fsp3) is 0.714. The van der Waals surface area contributed by atoms with Gasteiger partial charge in [0, 0.05) is 5.92 Å². The molecule has 2 rings (SSSR count). The first-order chi connectivity index (χ1) is 4.77. The number of hydrogen-bond donors (Lipinski definition) is 0. The SMILES string of the molecule is O=C1OC2CCC(C2)C1=O. The van der Waals surface area contributed by atoms with Gasteiger partial charge in [-0.15, -0.1) is 0 Å². The minimum absolute atomic E-state index is 0.00810. The van der Waals surface area contributed by atoms with Gasteiger partial charge in [-0.2, -0.15) is 0 Å². The van der Waals surface area contributed by atoms with Gasteiger partial charge in [0.1, 0.15) is 6.10 Å². The number of Topliss-reactive ketones (excluding diaryl/α,β-unsaturated/α-hetero) is 1. The highest BCUT2D eigenvalue weighted by Gasteiger charge is 2.41. The zero-order valence-electron chi connectivity index (χ0n) is 5.50. The van der Waals surface area contributed by atoms with E-state index in [-0.39, 0.29) is 17.8 Å². The first-order valence-electron chi connectivity index (χ1n) is 3.52. The highest BCUT2D eigenvalue weighted by atomic mass is 16.6. The van der Waals surface area contributed by atoms with Crippen LogP contribution in [0.5, 0.6) is 0 Å². The number of carbonyl (C=O) groups excluding carboxylic acids is 2. The van der Waals surface area contributed by atoms with Crippen LogP contribution in [0.3, 0.4) is 0 Å². The van der Waals surface area contributed by atoms with E-state index in [9.17, 15) is 9.59 Å². The van der Waals surface area contributed by atoms with Gasteiger partial charge in [0.25, 0.3) is 0 Å². The lowest BCUT2D eigenvalue weighted by molar-refractivity contribution is -0.162. The van der Waals surface area contributed by atoms with Gasteiger partial charge in [-0.3, -0.25) is 4.79 Å². The van der Waals surface area contributed by atoms with Gasteiger partial charge in [0.05, 0.1) is 0 Å². The quantitative estimate of drug-likeness (QED) is 0.358. The van der Waals surface area contributed by atoms with Crippen LogP contribution >= 0.6 is 0 Å². The molecule has 3 nitrogen and oxygen atoms in total. The van der Waals surface area contributed by atoms with Crippen molar-refractivity contribution in [1.29, 1.82) is 0 Å². The predicted octanol–water partition coefficient (Wildman–Crippen LogP) is 0.281. The summed E-state index contributed by atoms with van der Waals surface area (Å²) < 4.78 is 4.80. The largest absolute Gasteiger partial charge is 0.457 e. The molecular weight excluding hydrogens is 132 g/mol. The van der Waals surface area contributed by atoms with Gasteiger partial charge in [0.15, 0.2) is 0 Å². The van der Waals surface area contributed by atoms with E-state index in [0.717, 1.165) is 19.3 Å². The van der Waals surface area contributed by atoms with Crippen molar-refractivity contribution in [1.82, 2.24) is 0 Å². The van der Waals surface area contributed by atoms with Crippen molar-refractivity contribution in [2.75, 3.05) is 0 Å². The third-order valence-electron chi connectivity index (χ3n) is 2.23. The molecule has 2 bridgehead atoms. The Bertz CT molecular complexity index is 197. The first kappa shape index (κ1) is 5.89. The van der Waals surface area contributed by atoms with Crippen molar-refractivity contribution < 1.29 is 14.3 Å². The molecule has 0 amide bonds. The summed E-state index contributed by atoms with van der Waals surface area (Å²) in [7, 11) is 0. The molecule has 2 atom stereocenters. The number of fused-ring (bicyclic) bond motifs is 2. The fourth-order valence-corrected chi connectivity index (χ4v) is 1.66. The van der Waals surface area contributed by atoms with E-state index in [4.69, 9.17) is 4.74 Å². The van der Waals surface area contributed by atoms with Crippen molar-refractivity contribution in [3.63, 3.8) is 0 Å². The highest BCUT2D eigenvalue weighted by Crippen LogP contribution is 2.32. The number of carbonyl (C=O) groups is 2. The molecule has 0 aromatic rings. The number of rotatable bonds is 0. The average molecular weight is 140 g/mol. The lowest BCUT2D eigenvalue weighted by Crippen LogP contribution is -2.32. The van der Waals surface area contributed by atoms with Gasteiger partial charge in [0.2, 0.25) is 5.78 Å². The molecule has 54 valence electrons. The van der Waals surface area contributed by atoms with Crippen LogP contribution in [-0.4, -0.2) is 17.9 Å². The maximum Gasteiger partial charge on any atom is 0.375 e. The zero-order chi connectivity index (χ0) is 7.14. The Morgan fingerprint density at radius 3 is 2.90 bits per heavy atom. The third-order valence-corrected chi connectivity index (χ3v) is 2.23. The molecular formula is C7H8O3. The van der Waals surface area contributed by atoms with Crippen LogP contribution in [0.25, 0.3) is 0 Å². The summed E-state index contributed by atoms with van der Waals surface area (Å²) in [6.07, 6.45) is 2.54. The molecule has 0 aromatic carbocycles. The van der Waals surface area contributed by atoms with E-state index >= 15 is 0 Å². The van der Waals surface area contributed by atoms with Crippen LogP contribution < -0.4 is 0 Å².